The maximum absolute atomic E-state index is 13.4. The number of ether oxygens (including phenoxy) is 1. The smallest absolute Gasteiger partial charge is 0.295 e. The van der Waals surface area contributed by atoms with Crippen molar-refractivity contribution < 1.29 is 19.4 Å². The van der Waals surface area contributed by atoms with Crippen LogP contribution in [0.1, 0.15) is 48.1 Å². The molecule has 1 aliphatic rings. The molecule has 1 fully saturated rings. The minimum absolute atomic E-state index is 0.00196. The summed E-state index contributed by atoms with van der Waals surface area (Å²) in [5, 5.41) is 12.9. The molecule has 5 rings (SSSR count). The van der Waals surface area contributed by atoms with Crippen LogP contribution in [0.5, 0.6) is 5.75 Å². The van der Waals surface area contributed by atoms with Crippen LogP contribution < -0.4 is 4.74 Å². The molecule has 6 nitrogen and oxygen atoms in total. The van der Waals surface area contributed by atoms with E-state index in [9.17, 15) is 14.7 Å². The van der Waals surface area contributed by atoms with Crippen LogP contribution in [-0.2, 0) is 16.0 Å². The molecule has 0 aliphatic carbocycles. The number of hydrogen-bond acceptors (Lipinski definition) is 4. The zero-order chi connectivity index (χ0) is 27.8. The predicted octanol–water partition coefficient (Wildman–Crippen LogP) is 7.27. The third-order valence-electron chi connectivity index (χ3n) is 7.24. The van der Waals surface area contributed by atoms with E-state index < -0.39 is 17.7 Å². The molecule has 1 aromatic heterocycles. The number of hydrogen-bond donors (Lipinski definition) is 2. The average molecular weight is 563 g/mol. The molecule has 1 unspecified atom stereocenters. The minimum atomic E-state index is -0.780. The monoisotopic (exact) mass is 562 g/mol. The standard InChI is InChI=1S/C31H28Cl2N2O4/c1-17(2)18-4-6-19(7-5-18)28-27(29(36)23-10-8-21(32)14-25(23)33)30(37)31(38)35(28)13-12-20-16-34-26-11-9-22(39-3)15-24(20)26/h4-11,14-17,28,34,36H,12-13H2,1-3H3/b29-27-. The molecule has 0 radical (unpaired) electrons. The number of benzene rings is 3. The number of nitrogens with one attached hydrogen (secondary N) is 1. The zero-order valence-electron chi connectivity index (χ0n) is 21.8. The number of aliphatic hydroxyl groups excluding tert-OH is 1. The van der Waals surface area contributed by atoms with E-state index in [1.54, 1.807) is 19.2 Å². The molecule has 3 aromatic carbocycles. The highest BCUT2D eigenvalue weighted by molar-refractivity contribution is 6.47. The molecule has 8 heteroatoms. The number of methoxy groups -OCH3 is 1. The molecule has 0 spiro atoms. The van der Waals surface area contributed by atoms with Crippen LogP contribution in [0.15, 0.2) is 72.4 Å². The number of carbonyl (C=O) groups is 2. The van der Waals surface area contributed by atoms with Crippen LogP contribution in [0.3, 0.4) is 0 Å². The van der Waals surface area contributed by atoms with Crippen LogP contribution in [0, 0.1) is 0 Å². The summed E-state index contributed by atoms with van der Waals surface area (Å²) in [6, 6.07) is 17.4. The van der Waals surface area contributed by atoms with Gasteiger partial charge in [-0.2, -0.15) is 0 Å². The number of aliphatic hydroxyl groups is 1. The fraction of sp³-hybridized carbons (Fsp3) is 0.226. The fourth-order valence-corrected chi connectivity index (χ4v) is 5.58. The Balaban J connectivity index is 1.58. The number of fused-ring (bicyclic) bond motifs is 1. The van der Waals surface area contributed by atoms with Crippen LogP contribution >= 0.6 is 23.2 Å². The second-order valence-corrected chi connectivity index (χ2v) is 10.8. The molecule has 1 saturated heterocycles. The quantitative estimate of drug-likeness (QED) is 0.141. The van der Waals surface area contributed by atoms with Gasteiger partial charge in [0.1, 0.15) is 11.5 Å². The molecule has 0 bridgehead atoms. The molecule has 0 saturated carbocycles. The van der Waals surface area contributed by atoms with E-state index in [-0.39, 0.29) is 28.5 Å². The Hall–Kier alpha value is -3.74. The van der Waals surface area contributed by atoms with Gasteiger partial charge in [-0.1, -0.05) is 61.3 Å². The van der Waals surface area contributed by atoms with Gasteiger partial charge >= 0.3 is 0 Å². The van der Waals surface area contributed by atoms with Crippen molar-refractivity contribution in [2.24, 2.45) is 0 Å². The van der Waals surface area contributed by atoms with Gasteiger partial charge in [-0.3, -0.25) is 9.59 Å². The molecule has 1 aliphatic heterocycles. The van der Waals surface area contributed by atoms with Crippen LogP contribution in [0.4, 0.5) is 0 Å². The van der Waals surface area contributed by atoms with Crippen LogP contribution in [0.2, 0.25) is 10.0 Å². The number of carbonyl (C=O) groups excluding carboxylic acids is 2. The summed E-state index contributed by atoms with van der Waals surface area (Å²) in [5.74, 6) is -0.702. The van der Waals surface area contributed by atoms with Gasteiger partial charge in [-0.05, 0) is 65.4 Å². The van der Waals surface area contributed by atoms with Crippen molar-refractivity contribution in [3.63, 3.8) is 0 Å². The lowest BCUT2D eigenvalue weighted by Crippen LogP contribution is -2.31. The number of amides is 1. The van der Waals surface area contributed by atoms with E-state index in [1.807, 2.05) is 48.7 Å². The number of aromatic nitrogens is 1. The molecule has 200 valence electrons. The van der Waals surface area contributed by atoms with Gasteiger partial charge in [0.25, 0.3) is 11.7 Å². The van der Waals surface area contributed by atoms with Gasteiger partial charge in [0.15, 0.2) is 0 Å². The fourth-order valence-electron chi connectivity index (χ4n) is 5.08. The number of rotatable bonds is 7. The summed E-state index contributed by atoms with van der Waals surface area (Å²) >= 11 is 12.4. The number of aromatic amines is 1. The van der Waals surface area contributed by atoms with E-state index in [2.05, 4.69) is 18.8 Å². The average Bonchev–Trinajstić information content (AvgIpc) is 3.44. The summed E-state index contributed by atoms with van der Waals surface area (Å²) in [6.07, 6.45) is 2.39. The first-order chi connectivity index (χ1) is 18.7. The third kappa shape index (κ3) is 5.02. The predicted molar refractivity (Wildman–Crippen MR) is 155 cm³/mol. The minimum Gasteiger partial charge on any atom is -0.507 e. The van der Waals surface area contributed by atoms with E-state index in [0.717, 1.165) is 33.3 Å². The number of nitrogens with zero attached hydrogens (tertiary/aromatic N) is 1. The highest BCUT2D eigenvalue weighted by atomic mass is 35.5. The Morgan fingerprint density at radius 3 is 2.46 bits per heavy atom. The van der Waals surface area contributed by atoms with E-state index in [1.165, 1.54) is 11.0 Å². The Labute approximate surface area is 236 Å². The lowest BCUT2D eigenvalue weighted by atomic mass is 9.93. The summed E-state index contributed by atoms with van der Waals surface area (Å²) in [4.78, 5) is 31.6. The highest BCUT2D eigenvalue weighted by Crippen LogP contribution is 2.41. The Morgan fingerprint density at radius 1 is 1.05 bits per heavy atom. The van der Waals surface area contributed by atoms with Crippen molar-refractivity contribution in [2.75, 3.05) is 13.7 Å². The Bertz CT molecular complexity index is 1600. The Kier molecular flexibility index (Phi) is 7.43. The van der Waals surface area contributed by atoms with Gasteiger partial charge in [-0.15, -0.1) is 0 Å². The van der Waals surface area contributed by atoms with Crippen LogP contribution in [0.25, 0.3) is 16.7 Å². The maximum Gasteiger partial charge on any atom is 0.295 e. The molecular formula is C31H28Cl2N2O4. The van der Waals surface area contributed by atoms with E-state index >= 15 is 0 Å². The molecule has 2 heterocycles. The summed E-state index contributed by atoms with van der Waals surface area (Å²) < 4.78 is 5.38. The lowest BCUT2D eigenvalue weighted by Gasteiger charge is -2.26. The van der Waals surface area contributed by atoms with Crippen molar-refractivity contribution in [2.45, 2.75) is 32.2 Å². The second kappa shape index (κ2) is 10.8. The van der Waals surface area contributed by atoms with E-state index in [0.29, 0.717) is 17.4 Å². The first kappa shape index (κ1) is 26.9. The molecule has 1 amide bonds. The number of Topliss-reactive ketones (excluding diaryl/α,β-unsaturated/α-hetero) is 1. The van der Waals surface area contributed by atoms with Crippen LogP contribution in [-0.4, -0.2) is 40.3 Å². The van der Waals surface area contributed by atoms with E-state index in [4.69, 9.17) is 27.9 Å². The topological polar surface area (TPSA) is 82.6 Å². The lowest BCUT2D eigenvalue weighted by molar-refractivity contribution is -0.139. The van der Waals surface area contributed by atoms with Gasteiger partial charge < -0.3 is 19.7 Å². The summed E-state index contributed by atoms with van der Waals surface area (Å²) in [5.41, 5.74) is 4.04. The number of likely N-dealkylation sites (tertiary alicyclic amines) is 1. The van der Waals surface area contributed by atoms with Gasteiger partial charge in [0.05, 0.1) is 23.7 Å². The van der Waals surface area contributed by atoms with Crippen molar-refractivity contribution in [1.82, 2.24) is 9.88 Å². The largest absolute Gasteiger partial charge is 0.507 e. The summed E-state index contributed by atoms with van der Waals surface area (Å²) in [7, 11) is 1.62. The third-order valence-corrected chi connectivity index (χ3v) is 7.79. The molecular weight excluding hydrogens is 535 g/mol. The van der Waals surface area contributed by atoms with Gasteiger partial charge in [-0.25, -0.2) is 0 Å². The van der Waals surface area contributed by atoms with Crippen molar-refractivity contribution >= 4 is 51.6 Å². The first-order valence-corrected chi connectivity index (χ1v) is 13.4. The second-order valence-electron chi connectivity index (χ2n) is 9.91. The Morgan fingerprint density at radius 2 is 1.79 bits per heavy atom. The van der Waals surface area contributed by atoms with Gasteiger partial charge in [0, 0.05) is 34.2 Å². The number of halogens is 2. The maximum atomic E-state index is 13.4. The number of H-pyrrole nitrogens is 1. The normalized spacial score (nSPS) is 17.0. The summed E-state index contributed by atoms with van der Waals surface area (Å²) in [6.45, 7) is 4.45. The SMILES string of the molecule is COc1ccc2[nH]cc(CCN3C(=O)C(=O)/C(=C(\O)c4ccc(Cl)cc4Cl)C3c3ccc(C(C)C)cc3)c2c1. The first-order valence-electron chi connectivity index (χ1n) is 12.7. The molecule has 1 atom stereocenters. The number of ketones is 1. The molecule has 39 heavy (non-hydrogen) atoms. The van der Waals surface area contributed by atoms with Crippen molar-refractivity contribution in [1.29, 1.82) is 0 Å². The zero-order valence-corrected chi connectivity index (χ0v) is 23.3. The van der Waals surface area contributed by atoms with Gasteiger partial charge in [0.2, 0.25) is 0 Å². The van der Waals surface area contributed by atoms with Crippen molar-refractivity contribution in [3.05, 3.63) is 105 Å². The molecule has 4 aromatic rings. The highest BCUT2D eigenvalue weighted by Gasteiger charge is 2.46. The van der Waals surface area contributed by atoms with Crippen molar-refractivity contribution in [3.8, 4) is 5.75 Å². The molecule has 2 N–H and O–H groups in total.